The first kappa shape index (κ1) is 15.2. The van der Waals surface area contributed by atoms with Crippen LogP contribution in [-0.4, -0.2) is 17.9 Å². The van der Waals surface area contributed by atoms with Gasteiger partial charge < -0.3 is 4.90 Å². The summed E-state index contributed by atoms with van der Waals surface area (Å²) in [4.78, 5) is 13.7. The molecule has 2 nitrogen and oxygen atoms in total. The van der Waals surface area contributed by atoms with Crippen molar-refractivity contribution in [1.82, 2.24) is 4.90 Å². The number of amides is 1. The van der Waals surface area contributed by atoms with Crippen LogP contribution in [0.5, 0.6) is 0 Å². The van der Waals surface area contributed by atoms with Crippen LogP contribution in [-0.2, 0) is 4.79 Å². The summed E-state index contributed by atoms with van der Waals surface area (Å²) >= 11 is 0. The van der Waals surface area contributed by atoms with Crippen LogP contribution >= 0.6 is 0 Å². The largest absolute Gasteiger partial charge is 0.312 e. The van der Waals surface area contributed by atoms with Crippen LogP contribution in [0.1, 0.15) is 33.6 Å². The third-order valence-electron chi connectivity index (χ3n) is 3.44. The van der Waals surface area contributed by atoms with Gasteiger partial charge in [-0.15, -0.1) is 0 Å². The van der Waals surface area contributed by atoms with Crippen molar-refractivity contribution in [3.05, 3.63) is 59.4 Å². The van der Waals surface area contributed by atoms with Crippen molar-refractivity contribution < 1.29 is 4.79 Å². The minimum Gasteiger partial charge on any atom is -0.312 e. The minimum absolute atomic E-state index is 0.0869. The molecule has 0 aromatic rings. The predicted octanol–water partition coefficient (Wildman–Crippen LogP) is 4.15. The molecule has 2 aliphatic rings. The molecule has 1 aliphatic carbocycles. The highest BCUT2D eigenvalue weighted by Gasteiger charge is 2.33. The predicted molar refractivity (Wildman–Crippen MR) is 81.6 cm³/mol. The summed E-state index contributed by atoms with van der Waals surface area (Å²) in [5.74, 6) is 0.0869. The zero-order valence-corrected chi connectivity index (χ0v) is 12.4. The van der Waals surface area contributed by atoms with Crippen molar-refractivity contribution in [2.75, 3.05) is 7.05 Å². The number of allylic oxidation sites excluding steroid dienone is 6. The lowest BCUT2D eigenvalue weighted by atomic mass is 9.86. The molecular weight excluding hydrogens is 234 g/mol. The number of carbonyl (C=O) groups is 1. The van der Waals surface area contributed by atoms with Crippen LogP contribution in [0, 0.1) is 0 Å². The van der Waals surface area contributed by atoms with Crippen LogP contribution in [0.2, 0.25) is 0 Å². The first-order valence-corrected chi connectivity index (χ1v) is 6.76. The first-order valence-electron chi connectivity index (χ1n) is 6.76. The molecule has 0 spiro atoms. The smallest absolute Gasteiger partial charge is 0.254 e. The summed E-state index contributed by atoms with van der Waals surface area (Å²) in [5.41, 5.74) is 5.22. The van der Waals surface area contributed by atoms with Crippen molar-refractivity contribution in [2.45, 2.75) is 33.6 Å². The Morgan fingerprint density at radius 2 is 1.74 bits per heavy atom. The Labute approximate surface area is 116 Å². The van der Waals surface area contributed by atoms with Crippen molar-refractivity contribution in [2.24, 2.45) is 0 Å². The standard InChI is InChI=1S/C15H17NO.C2H6/c1-5-7-12-9-13-10(3)16(4)15(17)14(13)8-11(12)6-2;1-2/h5-7H,2-3,8-9H2,1,4H3;1-2H3/b7-5-;. The fourth-order valence-corrected chi connectivity index (χ4v) is 2.40. The van der Waals surface area contributed by atoms with Gasteiger partial charge in [-0.25, -0.2) is 0 Å². The number of likely N-dealkylation sites (N-methyl/N-ethyl adjacent to an activating group) is 1. The number of hydrogen-bond donors (Lipinski definition) is 0. The van der Waals surface area contributed by atoms with Gasteiger partial charge in [0.25, 0.3) is 5.91 Å². The van der Waals surface area contributed by atoms with E-state index in [9.17, 15) is 4.79 Å². The van der Waals surface area contributed by atoms with Gasteiger partial charge in [0.05, 0.1) is 0 Å². The van der Waals surface area contributed by atoms with Crippen LogP contribution in [0.25, 0.3) is 0 Å². The topological polar surface area (TPSA) is 20.3 Å². The van der Waals surface area contributed by atoms with Gasteiger partial charge in [0, 0.05) is 31.2 Å². The van der Waals surface area contributed by atoms with Crippen LogP contribution in [0.3, 0.4) is 0 Å². The monoisotopic (exact) mass is 257 g/mol. The molecule has 1 heterocycles. The highest BCUT2D eigenvalue weighted by molar-refractivity contribution is 6.01. The second kappa shape index (κ2) is 6.37. The van der Waals surface area contributed by atoms with E-state index in [0.29, 0.717) is 6.42 Å². The molecule has 2 rings (SSSR count). The SMILES string of the molecule is C=CC1=C(/C=C\C)CC2=C(C1)C(=O)N(C)C2=C.CC. The van der Waals surface area contributed by atoms with Crippen molar-refractivity contribution >= 4 is 5.91 Å². The lowest BCUT2D eigenvalue weighted by Crippen LogP contribution is -2.20. The molecule has 0 unspecified atom stereocenters. The van der Waals surface area contributed by atoms with Crippen molar-refractivity contribution in [1.29, 1.82) is 0 Å². The molecule has 0 aromatic carbocycles. The average Bonchev–Trinajstić information content (AvgIpc) is 2.65. The molecule has 0 atom stereocenters. The van der Waals surface area contributed by atoms with E-state index >= 15 is 0 Å². The lowest BCUT2D eigenvalue weighted by Gasteiger charge is -2.17. The maximum Gasteiger partial charge on any atom is 0.254 e. The second-order valence-corrected chi connectivity index (χ2v) is 4.38. The zero-order chi connectivity index (χ0) is 14.6. The fraction of sp³-hybridized carbons (Fsp3) is 0.353. The number of nitrogens with zero attached hydrogens (tertiary/aromatic N) is 1. The fourth-order valence-electron chi connectivity index (χ4n) is 2.40. The summed E-state index contributed by atoms with van der Waals surface area (Å²) in [6, 6.07) is 0. The minimum atomic E-state index is 0.0869. The maximum atomic E-state index is 12.0. The molecule has 1 amide bonds. The van der Waals surface area contributed by atoms with Gasteiger partial charge in [0.2, 0.25) is 0 Å². The Hall–Kier alpha value is -1.83. The van der Waals surface area contributed by atoms with E-state index in [1.807, 2.05) is 32.9 Å². The molecule has 102 valence electrons. The quantitative estimate of drug-likeness (QED) is 0.727. The highest BCUT2D eigenvalue weighted by Crippen LogP contribution is 2.40. The molecule has 0 saturated carbocycles. The number of hydrogen-bond acceptors (Lipinski definition) is 1. The van der Waals surface area contributed by atoms with Crippen LogP contribution < -0.4 is 0 Å². The molecule has 0 radical (unpaired) electrons. The molecule has 0 fully saturated rings. The Bertz CT molecular complexity index is 503. The van der Waals surface area contributed by atoms with Gasteiger partial charge in [-0.2, -0.15) is 0 Å². The van der Waals surface area contributed by atoms with Gasteiger partial charge in [-0.05, 0) is 23.6 Å². The number of rotatable bonds is 2. The molecule has 0 bridgehead atoms. The molecule has 1 aliphatic heterocycles. The Morgan fingerprint density at radius 3 is 2.26 bits per heavy atom. The summed E-state index contributed by atoms with van der Waals surface area (Å²) in [6.45, 7) is 13.8. The molecule has 0 aromatic heterocycles. The first-order chi connectivity index (χ1) is 9.10. The van der Waals surface area contributed by atoms with E-state index in [0.717, 1.165) is 28.8 Å². The summed E-state index contributed by atoms with van der Waals surface area (Å²) in [5, 5.41) is 0. The second-order valence-electron chi connectivity index (χ2n) is 4.38. The molecule has 19 heavy (non-hydrogen) atoms. The molecule has 2 heteroatoms. The molecular formula is C17H23NO. The van der Waals surface area contributed by atoms with Crippen LogP contribution in [0.15, 0.2) is 59.4 Å². The normalized spacial score (nSPS) is 18.8. The van der Waals surface area contributed by atoms with E-state index in [2.05, 4.69) is 19.2 Å². The van der Waals surface area contributed by atoms with Crippen molar-refractivity contribution in [3.63, 3.8) is 0 Å². The van der Waals surface area contributed by atoms with Gasteiger partial charge in [0.15, 0.2) is 0 Å². The summed E-state index contributed by atoms with van der Waals surface area (Å²) < 4.78 is 0. The lowest BCUT2D eigenvalue weighted by molar-refractivity contribution is -0.123. The summed E-state index contributed by atoms with van der Waals surface area (Å²) in [6.07, 6.45) is 7.44. The van der Waals surface area contributed by atoms with Gasteiger partial charge in [-0.1, -0.05) is 45.2 Å². The third-order valence-corrected chi connectivity index (χ3v) is 3.44. The van der Waals surface area contributed by atoms with Crippen molar-refractivity contribution in [3.8, 4) is 0 Å². The van der Waals surface area contributed by atoms with E-state index in [1.165, 1.54) is 5.57 Å². The highest BCUT2D eigenvalue weighted by atomic mass is 16.2. The average molecular weight is 257 g/mol. The van der Waals surface area contributed by atoms with E-state index in [4.69, 9.17) is 0 Å². The molecule has 0 saturated heterocycles. The van der Waals surface area contributed by atoms with Crippen LogP contribution in [0.4, 0.5) is 0 Å². The Kier molecular flexibility index (Phi) is 5.11. The van der Waals surface area contributed by atoms with E-state index in [-0.39, 0.29) is 5.91 Å². The third kappa shape index (κ3) is 2.62. The van der Waals surface area contributed by atoms with Gasteiger partial charge in [-0.3, -0.25) is 4.79 Å². The molecule has 0 N–H and O–H groups in total. The maximum absolute atomic E-state index is 12.0. The van der Waals surface area contributed by atoms with Gasteiger partial charge in [0.1, 0.15) is 0 Å². The van der Waals surface area contributed by atoms with E-state index in [1.54, 1.807) is 11.9 Å². The van der Waals surface area contributed by atoms with Gasteiger partial charge >= 0.3 is 0 Å². The zero-order valence-electron chi connectivity index (χ0n) is 12.4. The number of carbonyl (C=O) groups excluding carboxylic acids is 1. The Balaban J connectivity index is 0.000000861. The Morgan fingerprint density at radius 1 is 1.16 bits per heavy atom. The van der Waals surface area contributed by atoms with E-state index < -0.39 is 0 Å². The summed E-state index contributed by atoms with van der Waals surface area (Å²) in [7, 11) is 1.78.